The highest BCUT2D eigenvalue weighted by Gasteiger charge is 2.40. The Kier molecular flexibility index (Phi) is 6.70. The molecule has 1 saturated heterocycles. The SMILES string of the molecule is CN1CCCn2c(=O)[nH]c3c(F)ccc(c32)-c2cccc(n2)N[C@H]2C[C@@H](C1=O)N(c1ncnc3c1cnn3-c1ccc(F)cc1F)C2. The lowest BCUT2D eigenvalue weighted by Gasteiger charge is -2.29. The maximum atomic E-state index is 14.8. The lowest BCUT2D eigenvalue weighted by molar-refractivity contribution is -0.131. The van der Waals surface area contributed by atoms with Crippen molar-refractivity contribution in [3.8, 4) is 16.9 Å². The van der Waals surface area contributed by atoms with Crippen LogP contribution in [0, 0.1) is 17.5 Å². The number of nitrogens with zero attached hydrogens (tertiary/aromatic N) is 8. The van der Waals surface area contributed by atoms with E-state index in [4.69, 9.17) is 4.98 Å². The van der Waals surface area contributed by atoms with E-state index in [1.165, 1.54) is 33.9 Å². The highest BCUT2D eigenvalue weighted by molar-refractivity contribution is 5.93. The van der Waals surface area contributed by atoms with Gasteiger partial charge in [-0.05, 0) is 49.2 Å². The van der Waals surface area contributed by atoms with Crippen LogP contribution in [0.5, 0.6) is 0 Å². The molecule has 0 unspecified atom stereocenters. The van der Waals surface area contributed by atoms with Crippen LogP contribution in [-0.4, -0.2) is 77.3 Å². The summed E-state index contributed by atoms with van der Waals surface area (Å²) in [5.74, 6) is -1.22. The molecule has 6 aromatic rings. The van der Waals surface area contributed by atoms with Gasteiger partial charge < -0.3 is 20.1 Å². The third-order valence-corrected chi connectivity index (χ3v) is 8.84. The molecule has 0 saturated carbocycles. The number of benzene rings is 2. The van der Waals surface area contributed by atoms with E-state index in [-0.39, 0.29) is 29.7 Å². The van der Waals surface area contributed by atoms with Crippen LogP contribution in [0.4, 0.5) is 24.8 Å². The van der Waals surface area contributed by atoms with Crippen LogP contribution in [-0.2, 0) is 11.3 Å². The molecule has 0 spiro atoms. The maximum Gasteiger partial charge on any atom is 0.326 e. The number of aromatic nitrogens is 7. The van der Waals surface area contributed by atoms with E-state index in [0.717, 1.165) is 12.1 Å². The molecule has 0 aliphatic carbocycles. The first-order valence-corrected chi connectivity index (χ1v) is 15.1. The quantitative estimate of drug-likeness (QED) is 0.292. The molecule has 2 aliphatic heterocycles. The molecule has 4 aromatic heterocycles. The minimum Gasteiger partial charge on any atom is -0.365 e. The Bertz CT molecular complexity index is 2260. The number of pyridine rings is 1. The summed E-state index contributed by atoms with van der Waals surface area (Å²) in [5.41, 5.74) is 1.56. The van der Waals surface area contributed by atoms with Crippen molar-refractivity contribution in [1.29, 1.82) is 0 Å². The monoisotopic (exact) mass is 640 g/mol. The van der Waals surface area contributed by atoms with E-state index in [0.29, 0.717) is 65.4 Å². The number of fused-ring (bicyclic) bond motifs is 6. The van der Waals surface area contributed by atoms with Gasteiger partial charge in [-0.15, -0.1) is 0 Å². The molecule has 1 fully saturated rings. The van der Waals surface area contributed by atoms with Crippen LogP contribution in [0.1, 0.15) is 12.8 Å². The standard InChI is InChI=1S/C32H27F3N10O2/c1-42-10-3-11-43-28-19(7-8-21(34)27(28)41-32(43)47)23-4-2-5-26(40-23)39-18-13-25(31(42)46)44(15-18)29-20-14-38-45(30(20)37-16-36-29)24-9-6-17(33)12-22(24)35/h2,4-9,12,14,16,18,25H,3,10-11,13,15H2,1H3,(H,39,40)(H,41,47)/t18-,25-/m0/s1. The fraction of sp³-hybridized carbons (Fsp3) is 0.250. The Morgan fingerprint density at radius 2 is 1.85 bits per heavy atom. The average molecular weight is 641 g/mol. The van der Waals surface area contributed by atoms with Crippen LogP contribution >= 0.6 is 0 Å². The van der Waals surface area contributed by atoms with E-state index in [1.54, 1.807) is 24.1 Å². The molecule has 1 amide bonds. The van der Waals surface area contributed by atoms with Crippen molar-refractivity contribution >= 4 is 39.6 Å². The van der Waals surface area contributed by atoms with Crippen molar-refractivity contribution in [3.63, 3.8) is 0 Å². The molecule has 2 aliphatic rings. The number of hydrogen-bond acceptors (Lipinski definition) is 8. The topological polar surface area (TPSA) is 130 Å². The summed E-state index contributed by atoms with van der Waals surface area (Å²) in [6.45, 7) is 0.946. The average Bonchev–Trinajstić information content (AvgIpc) is 3.77. The molecule has 6 heterocycles. The Balaban J connectivity index is 1.20. The van der Waals surface area contributed by atoms with Gasteiger partial charge in [-0.1, -0.05) is 6.07 Å². The number of rotatable bonds is 2. The fourth-order valence-corrected chi connectivity index (χ4v) is 6.67. The Morgan fingerprint density at radius 3 is 2.70 bits per heavy atom. The second-order valence-electron chi connectivity index (χ2n) is 11.8. The van der Waals surface area contributed by atoms with Crippen molar-refractivity contribution in [2.24, 2.45) is 0 Å². The number of halogens is 3. The lowest BCUT2D eigenvalue weighted by Crippen LogP contribution is -2.45. The zero-order chi connectivity index (χ0) is 32.4. The summed E-state index contributed by atoms with van der Waals surface area (Å²) in [7, 11) is 1.71. The van der Waals surface area contributed by atoms with E-state index in [9.17, 15) is 22.8 Å². The van der Waals surface area contributed by atoms with Crippen LogP contribution in [0.15, 0.2) is 65.8 Å². The molecule has 4 bridgehead atoms. The highest BCUT2D eigenvalue weighted by atomic mass is 19.1. The number of hydrogen-bond donors (Lipinski definition) is 2. The summed E-state index contributed by atoms with van der Waals surface area (Å²) in [4.78, 5) is 46.9. The summed E-state index contributed by atoms with van der Waals surface area (Å²) in [6.07, 6.45) is 3.69. The molecule has 2 N–H and O–H groups in total. The van der Waals surface area contributed by atoms with E-state index >= 15 is 0 Å². The number of carbonyl (C=O) groups excluding carboxylic acids is 1. The van der Waals surface area contributed by atoms with Gasteiger partial charge in [0, 0.05) is 44.4 Å². The molecule has 12 nitrogen and oxygen atoms in total. The van der Waals surface area contributed by atoms with Crippen molar-refractivity contribution in [2.45, 2.75) is 31.5 Å². The number of H-pyrrole nitrogens is 1. The molecule has 2 atom stereocenters. The zero-order valence-corrected chi connectivity index (χ0v) is 25.0. The van der Waals surface area contributed by atoms with Gasteiger partial charge in [-0.2, -0.15) is 5.10 Å². The first-order chi connectivity index (χ1) is 22.8. The van der Waals surface area contributed by atoms with Crippen molar-refractivity contribution in [3.05, 3.63) is 89.0 Å². The number of imidazole rings is 1. The minimum atomic E-state index is -0.798. The van der Waals surface area contributed by atoms with Gasteiger partial charge in [-0.3, -0.25) is 9.36 Å². The molecule has 47 heavy (non-hydrogen) atoms. The van der Waals surface area contributed by atoms with Gasteiger partial charge in [0.05, 0.1) is 22.8 Å². The van der Waals surface area contributed by atoms with E-state index in [1.807, 2.05) is 17.0 Å². The Labute approximate surface area is 264 Å². The van der Waals surface area contributed by atoms with Gasteiger partial charge in [0.15, 0.2) is 11.5 Å². The lowest BCUT2D eigenvalue weighted by atomic mass is 10.1. The van der Waals surface area contributed by atoms with Crippen molar-refractivity contribution in [2.75, 3.05) is 30.4 Å². The van der Waals surface area contributed by atoms with Gasteiger partial charge in [0.1, 0.15) is 46.8 Å². The first-order valence-electron chi connectivity index (χ1n) is 15.1. The summed E-state index contributed by atoms with van der Waals surface area (Å²) in [6, 6.07) is 10.7. The molecule has 238 valence electrons. The van der Waals surface area contributed by atoms with Crippen molar-refractivity contribution < 1.29 is 18.0 Å². The largest absolute Gasteiger partial charge is 0.365 e. The van der Waals surface area contributed by atoms with Gasteiger partial charge >= 0.3 is 5.69 Å². The van der Waals surface area contributed by atoms with Gasteiger partial charge in [0.2, 0.25) is 5.91 Å². The smallest absolute Gasteiger partial charge is 0.326 e. The third-order valence-electron chi connectivity index (χ3n) is 8.84. The normalized spacial score (nSPS) is 18.4. The molecule has 2 aromatic carbocycles. The van der Waals surface area contributed by atoms with Crippen LogP contribution in [0.3, 0.4) is 0 Å². The van der Waals surface area contributed by atoms with Crippen LogP contribution in [0.2, 0.25) is 0 Å². The van der Waals surface area contributed by atoms with Crippen LogP contribution in [0.25, 0.3) is 39.0 Å². The van der Waals surface area contributed by atoms with Gasteiger partial charge in [0.25, 0.3) is 0 Å². The second-order valence-corrected chi connectivity index (χ2v) is 11.8. The Hall–Kier alpha value is -5.73. The van der Waals surface area contributed by atoms with Crippen LogP contribution < -0.4 is 15.9 Å². The molecule has 8 rings (SSSR count). The summed E-state index contributed by atoms with van der Waals surface area (Å²) >= 11 is 0. The third kappa shape index (κ3) is 4.76. The summed E-state index contributed by atoms with van der Waals surface area (Å²) < 4.78 is 45.9. The van der Waals surface area contributed by atoms with E-state index in [2.05, 4.69) is 25.4 Å². The molecular formula is C32H27F3N10O2. The minimum absolute atomic E-state index is 0.0230. The van der Waals surface area contributed by atoms with Gasteiger partial charge in [-0.25, -0.2) is 37.6 Å². The predicted molar refractivity (Wildman–Crippen MR) is 168 cm³/mol. The van der Waals surface area contributed by atoms with Crippen molar-refractivity contribution in [1.82, 2.24) is 39.2 Å². The number of carbonyl (C=O) groups is 1. The predicted octanol–water partition coefficient (Wildman–Crippen LogP) is 3.86. The number of aryl methyl sites for hydroxylation is 1. The number of amides is 1. The second kappa shape index (κ2) is 11.0. The number of aromatic amines is 1. The summed E-state index contributed by atoms with van der Waals surface area (Å²) in [5, 5.41) is 8.29. The molecule has 0 radical (unpaired) electrons. The number of nitrogens with one attached hydrogen (secondary N) is 2. The number of anilines is 2. The van der Waals surface area contributed by atoms with E-state index < -0.39 is 29.2 Å². The highest BCUT2D eigenvalue weighted by Crippen LogP contribution is 2.34. The Morgan fingerprint density at radius 1 is 0.979 bits per heavy atom. The molecular weight excluding hydrogens is 613 g/mol. The maximum absolute atomic E-state index is 14.8. The zero-order valence-electron chi connectivity index (χ0n) is 25.0. The fourth-order valence-electron chi connectivity index (χ4n) is 6.67. The first kappa shape index (κ1) is 28.7. The molecule has 15 heteroatoms. The number of likely N-dealkylation sites (N-methyl/N-ethyl adjacent to an activating group) is 1.